The zero-order valence-electron chi connectivity index (χ0n) is 10.5. The van der Waals surface area contributed by atoms with Gasteiger partial charge in [-0.1, -0.05) is 31.1 Å². The number of H-pyrrole nitrogens is 1. The first-order chi connectivity index (χ1) is 9.24. The zero-order chi connectivity index (χ0) is 13.2. The van der Waals surface area contributed by atoms with Crippen LogP contribution in [0.5, 0.6) is 0 Å². The summed E-state index contributed by atoms with van der Waals surface area (Å²) < 4.78 is 1.68. The predicted molar refractivity (Wildman–Crippen MR) is 85.5 cm³/mol. The lowest BCUT2D eigenvalue weighted by Gasteiger charge is -2.13. The molecule has 0 aromatic carbocycles. The Kier molecular flexibility index (Phi) is 4.15. The van der Waals surface area contributed by atoms with Crippen molar-refractivity contribution in [2.75, 3.05) is 0 Å². The molecule has 1 aliphatic rings. The second-order valence-corrected chi connectivity index (χ2v) is 7.17. The van der Waals surface area contributed by atoms with E-state index in [0.717, 1.165) is 16.7 Å². The van der Waals surface area contributed by atoms with Crippen molar-refractivity contribution in [2.45, 2.75) is 38.0 Å². The van der Waals surface area contributed by atoms with Gasteiger partial charge in [-0.25, -0.2) is 4.98 Å². The molecule has 0 amide bonds. The Labute approximate surface area is 130 Å². The SMILES string of the molecule is S=c1nc(Cc2cccs2)[nH]c(C2CCCC2)c1Br. The Morgan fingerprint density at radius 2 is 2.21 bits per heavy atom. The summed E-state index contributed by atoms with van der Waals surface area (Å²) in [5.74, 6) is 1.60. The molecule has 5 heteroatoms. The van der Waals surface area contributed by atoms with Gasteiger partial charge in [0.15, 0.2) is 0 Å². The van der Waals surface area contributed by atoms with Crippen molar-refractivity contribution in [1.82, 2.24) is 9.97 Å². The molecule has 3 rings (SSSR count). The van der Waals surface area contributed by atoms with Crippen molar-refractivity contribution in [1.29, 1.82) is 0 Å². The average molecular weight is 355 g/mol. The van der Waals surface area contributed by atoms with E-state index in [1.54, 1.807) is 11.3 Å². The Bertz CT molecular complexity index is 613. The van der Waals surface area contributed by atoms with E-state index in [-0.39, 0.29) is 0 Å². The van der Waals surface area contributed by atoms with Crippen LogP contribution in [0.25, 0.3) is 0 Å². The number of aromatic nitrogens is 2. The van der Waals surface area contributed by atoms with Crippen LogP contribution in [-0.2, 0) is 6.42 Å². The molecule has 100 valence electrons. The van der Waals surface area contributed by atoms with E-state index in [4.69, 9.17) is 12.2 Å². The summed E-state index contributed by atoms with van der Waals surface area (Å²) in [6.45, 7) is 0. The predicted octanol–water partition coefficient (Wildman–Crippen LogP) is 5.21. The zero-order valence-corrected chi connectivity index (χ0v) is 13.7. The van der Waals surface area contributed by atoms with Gasteiger partial charge in [0, 0.05) is 22.9 Å². The van der Waals surface area contributed by atoms with Crippen molar-refractivity contribution >= 4 is 39.5 Å². The molecule has 2 aromatic rings. The number of aromatic amines is 1. The quantitative estimate of drug-likeness (QED) is 0.766. The Hall–Kier alpha value is -0.520. The van der Waals surface area contributed by atoms with E-state index >= 15 is 0 Å². The molecule has 1 saturated carbocycles. The fourth-order valence-corrected chi connectivity index (χ4v) is 4.12. The largest absolute Gasteiger partial charge is 0.346 e. The summed E-state index contributed by atoms with van der Waals surface area (Å²) >= 11 is 10.8. The molecule has 1 N–H and O–H groups in total. The molecule has 0 radical (unpaired) electrons. The highest BCUT2D eigenvalue weighted by Gasteiger charge is 2.21. The lowest BCUT2D eigenvalue weighted by Crippen LogP contribution is -2.05. The Morgan fingerprint density at radius 1 is 1.42 bits per heavy atom. The van der Waals surface area contributed by atoms with Gasteiger partial charge >= 0.3 is 0 Å². The fourth-order valence-electron chi connectivity index (χ4n) is 2.68. The minimum absolute atomic E-state index is 0.612. The highest BCUT2D eigenvalue weighted by atomic mass is 79.9. The number of rotatable bonds is 3. The average Bonchev–Trinajstić information content (AvgIpc) is 3.06. The highest BCUT2D eigenvalue weighted by Crippen LogP contribution is 2.36. The lowest BCUT2D eigenvalue weighted by molar-refractivity contribution is 0.680. The van der Waals surface area contributed by atoms with E-state index in [1.165, 1.54) is 36.3 Å². The summed E-state index contributed by atoms with van der Waals surface area (Å²) in [6.07, 6.45) is 5.99. The van der Waals surface area contributed by atoms with Crippen LogP contribution in [0.3, 0.4) is 0 Å². The van der Waals surface area contributed by atoms with Crippen molar-refractivity contribution in [3.05, 3.63) is 43.0 Å². The number of halogens is 1. The summed E-state index contributed by atoms with van der Waals surface area (Å²) in [7, 11) is 0. The maximum Gasteiger partial charge on any atom is 0.144 e. The van der Waals surface area contributed by atoms with Gasteiger partial charge in [-0.2, -0.15) is 0 Å². The topological polar surface area (TPSA) is 28.7 Å². The molecule has 0 bridgehead atoms. The third kappa shape index (κ3) is 2.98. The summed E-state index contributed by atoms with van der Waals surface area (Å²) in [4.78, 5) is 9.33. The standard InChI is InChI=1S/C14H15BrN2S2/c15-12-13(9-4-1-2-5-9)16-11(17-14(12)18)8-10-6-3-7-19-10/h3,6-7,9H,1-2,4-5,8H2,(H,16,17,18). The molecular weight excluding hydrogens is 340 g/mol. The van der Waals surface area contributed by atoms with Gasteiger partial charge in [-0.15, -0.1) is 11.3 Å². The van der Waals surface area contributed by atoms with Crippen molar-refractivity contribution in [2.24, 2.45) is 0 Å². The molecule has 2 heterocycles. The summed E-state index contributed by atoms with van der Waals surface area (Å²) in [6, 6.07) is 4.21. The van der Waals surface area contributed by atoms with Gasteiger partial charge in [-0.3, -0.25) is 0 Å². The van der Waals surface area contributed by atoms with Crippen LogP contribution in [0.2, 0.25) is 0 Å². The van der Waals surface area contributed by atoms with E-state index in [0.29, 0.717) is 10.6 Å². The second-order valence-electron chi connectivity index (χ2n) is 4.95. The molecule has 0 saturated heterocycles. The molecule has 1 aliphatic carbocycles. The molecule has 2 aromatic heterocycles. The third-order valence-electron chi connectivity index (χ3n) is 3.62. The highest BCUT2D eigenvalue weighted by molar-refractivity contribution is 9.10. The van der Waals surface area contributed by atoms with Crippen LogP contribution < -0.4 is 0 Å². The van der Waals surface area contributed by atoms with Crippen LogP contribution in [0, 0.1) is 4.64 Å². The smallest absolute Gasteiger partial charge is 0.144 e. The van der Waals surface area contributed by atoms with E-state index in [2.05, 4.69) is 43.4 Å². The normalized spacial score (nSPS) is 16.1. The van der Waals surface area contributed by atoms with Gasteiger partial charge in [0.25, 0.3) is 0 Å². The van der Waals surface area contributed by atoms with Gasteiger partial charge in [-0.05, 0) is 40.2 Å². The second kappa shape index (κ2) is 5.85. The summed E-state index contributed by atoms with van der Waals surface area (Å²) in [5, 5.41) is 2.10. The molecule has 1 fully saturated rings. The Morgan fingerprint density at radius 3 is 2.89 bits per heavy atom. The number of hydrogen-bond acceptors (Lipinski definition) is 3. The first-order valence-corrected chi connectivity index (χ1v) is 8.63. The first kappa shape index (κ1) is 13.5. The number of thiophene rings is 1. The molecule has 0 spiro atoms. The maximum atomic E-state index is 5.38. The van der Waals surface area contributed by atoms with Gasteiger partial charge < -0.3 is 4.98 Å². The molecule has 0 aliphatic heterocycles. The van der Waals surface area contributed by atoms with Gasteiger partial charge in [0.05, 0.1) is 4.47 Å². The minimum atomic E-state index is 0.612. The number of hydrogen-bond donors (Lipinski definition) is 1. The van der Waals surface area contributed by atoms with Crippen LogP contribution in [0.1, 0.15) is 48.0 Å². The minimum Gasteiger partial charge on any atom is -0.346 e. The van der Waals surface area contributed by atoms with Crippen LogP contribution in [-0.4, -0.2) is 9.97 Å². The molecular formula is C14H15BrN2S2. The van der Waals surface area contributed by atoms with Crippen LogP contribution >= 0.6 is 39.5 Å². The molecule has 2 nitrogen and oxygen atoms in total. The van der Waals surface area contributed by atoms with Crippen molar-refractivity contribution in [3.63, 3.8) is 0 Å². The summed E-state index contributed by atoms with van der Waals surface area (Å²) in [5.41, 5.74) is 1.25. The van der Waals surface area contributed by atoms with Gasteiger partial charge in [0.2, 0.25) is 0 Å². The monoisotopic (exact) mass is 354 g/mol. The number of nitrogens with one attached hydrogen (secondary N) is 1. The lowest BCUT2D eigenvalue weighted by atomic mass is 10.0. The van der Waals surface area contributed by atoms with E-state index in [1.807, 2.05) is 0 Å². The van der Waals surface area contributed by atoms with Crippen molar-refractivity contribution < 1.29 is 0 Å². The molecule has 0 unspecified atom stereocenters. The van der Waals surface area contributed by atoms with Gasteiger partial charge in [0.1, 0.15) is 10.5 Å². The first-order valence-electron chi connectivity index (χ1n) is 6.55. The number of nitrogens with zero attached hydrogens (tertiary/aromatic N) is 1. The molecule has 19 heavy (non-hydrogen) atoms. The molecule has 0 atom stereocenters. The maximum absolute atomic E-state index is 5.38. The van der Waals surface area contributed by atoms with E-state index < -0.39 is 0 Å². The van der Waals surface area contributed by atoms with E-state index in [9.17, 15) is 0 Å². The Balaban J connectivity index is 1.95. The fraction of sp³-hybridized carbons (Fsp3) is 0.429. The van der Waals surface area contributed by atoms with Crippen LogP contribution in [0.15, 0.2) is 22.0 Å². The third-order valence-corrected chi connectivity index (χ3v) is 5.86. The van der Waals surface area contributed by atoms with Crippen molar-refractivity contribution in [3.8, 4) is 0 Å². The van der Waals surface area contributed by atoms with Crippen LogP contribution in [0.4, 0.5) is 0 Å².